The van der Waals surface area contributed by atoms with E-state index in [1.54, 1.807) is 8.47 Å². The topological polar surface area (TPSA) is 4.93 Å². The van der Waals surface area contributed by atoms with Crippen molar-refractivity contribution in [2.75, 3.05) is 11.5 Å². The third-order valence-electron chi connectivity index (χ3n) is 3.96. The Morgan fingerprint density at radius 1 is 0.731 bits per heavy atom. The highest BCUT2D eigenvalue weighted by atomic mass is 32.3. The van der Waals surface area contributed by atoms with Crippen molar-refractivity contribution in [2.24, 2.45) is 7.05 Å². The normalized spacial score (nSPS) is 16.9. The number of hydrogen-bond donors (Lipinski definition) is 0. The molecule has 26 heavy (non-hydrogen) atoms. The van der Waals surface area contributed by atoms with Crippen molar-refractivity contribution in [3.05, 3.63) is 29.3 Å². The lowest BCUT2D eigenvalue weighted by Gasteiger charge is -2.04. The maximum absolute atomic E-state index is 2.29. The Morgan fingerprint density at radius 2 is 1.19 bits per heavy atom. The summed E-state index contributed by atoms with van der Waals surface area (Å²) < 4.78 is 8.29. The lowest BCUT2D eigenvalue weighted by Crippen LogP contribution is -1.82. The molecular weight excluding hydrogens is 435 g/mol. The second-order valence-corrected chi connectivity index (χ2v) is 13.7. The van der Waals surface area contributed by atoms with Crippen molar-refractivity contribution in [3.63, 3.8) is 0 Å². The molecule has 0 N–H and O–H groups in total. The van der Waals surface area contributed by atoms with Crippen LogP contribution < -0.4 is 0 Å². The Balaban J connectivity index is 1.62. The van der Waals surface area contributed by atoms with Gasteiger partial charge in [-0.2, -0.15) is 0 Å². The summed E-state index contributed by atoms with van der Waals surface area (Å²) in [6, 6.07) is 0. The molecule has 2 aliphatic heterocycles. The average Bonchev–Trinajstić information content (AvgIpc) is 3.28. The number of hydrogen-bond acceptors (Lipinski definition) is 6. The predicted molar refractivity (Wildman–Crippen MR) is 130 cm³/mol. The summed E-state index contributed by atoms with van der Waals surface area (Å²) in [5, 5.41) is 0. The van der Waals surface area contributed by atoms with Gasteiger partial charge in [-0.05, 0) is 24.3 Å². The van der Waals surface area contributed by atoms with Gasteiger partial charge in [0.15, 0.2) is 0 Å². The van der Waals surface area contributed by atoms with Crippen LogP contribution in [0.1, 0.15) is 52.4 Å². The van der Waals surface area contributed by atoms with E-state index in [9.17, 15) is 0 Å². The molecule has 3 rings (SSSR count). The van der Waals surface area contributed by atoms with Gasteiger partial charge in [0.1, 0.15) is 0 Å². The Morgan fingerprint density at radius 3 is 1.65 bits per heavy atom. The number of fused-ring (bicyclic) bond motifs is 1. The summed E-state index contributed by atoms with van der Waals surface area (Å²) in [4.78, 5) is 2.84. The number of aromatic nitrogens is 1. The summed E-state index contributed by atoms with van der Waals surface area (Å²) in [6.07, 6.45) is 12.5. The molecule has 0 spiro atoms. The van der Waals surface area contributed by atoms with Crippen LogP contribution in [0.5, 0.6) is 0 Å². The van der Waals surface area contributed by atoms with Gasteiger partial charge in [0, 0.05) is 29.2 Å². The van der Waals surface area contributed by atoms with Crippen molar-refractivity contribution in [1.29, 1.82) is 0 Å². The van der Waals surface area contributed by atoms with Crippen LogP contribution in [-0.4, -0.2) is 16.1 Å². The molecule has 0 aromatic carbocycles. The molecule has 3 heterocycles. The number of rotatable bonds is 10. The summed E-state index contributed by atoms with van der Waals surface area (Å²) in [6.45, 7) is 4.57. The van der Waals surface area contributed by atoms with Gasteiger partial charge in [-0.3, -0.25) is 0 Å². The van der Waals surface area contributed by atoms with E-state index in [2.05, 4.69) is 61.4 Å². The molecule has 0 radical (unpaired) electrons. The minimum absolute atomic E-state index is 1.26. The molecule has 1 aromatic heterocycles. The molecule has 1 aromatic rings. The first-order chi connectivity index (χ1) is 12.7. The smallest absolute Gasteiger partial charge is 0.0717 e. The SMILES string of the molecule is CCCCCSC1=C(SCCCCC)SC(=C2Sc3cn(C)cc3S2)S1. The Labute approximate surface area is 184 Å². The van der Waals surface area contributed by atoms with Gasteiger partial charge in [0.05, 0.1) is 16.9 Å². The van der Waals surface area contributed by atoms with Gasteiger partial charge in [0.2, 0.25) is 0 Å². The van der Waals surface area contributed by atoms with Gasteiger partial charge >= 0.3 is 0 Å². The molecule has 0 saturated carbocycles. The van der Waals surface area contributed by atoms with Gasteiger partial charge in [-0.1, -0.05) is 86.6 Å². The molecule has 2 aliphatic rings. The fraction of sp³-hybridized carbons (Fsp3) is 0.579. The summed E-state index contributed by atoms with van der Waals surface area (Å²) in [5.41, 5.74) is 0. The second kappa shape index (κ2) is 11.1. The Bertz CT molecular complexity index is 624. The molecule has 0 fully saturated rings. The molecule has 1 nitrogen and oxygen atoms in total. The van der Waals surface area contributed by atoms with Crippen LogP contribution in [0, 0.1) is 0 Å². The van der Waals surface area contributed by atoms with E-state index in [0.717, 1.165) is 0 Å². The fourth-order valence-electron chi connectivity index (χ4n) is 2.56. The number of aryl methyl sites for hydroxylation is 1. The van der Waals surface area contributed by atoms with Gasteiger partial charge < -0.3 is 4.57 Å². The van der Waals surface area contributed by atoms with E-state index < -0.39 is 0 Å². The third kappa shape index (κ3) is 5.93. The van der Waals surface area contributed by atoms with E-state index in [0.29, 0.717) is 0 Å². The highest BCUT2D eigenvalue weighted by Gasteiger charge is 2.29. The van der Waals surface area contributed by atoms with Crippen LogP contribution in [0.4, 0.5) is 0 Å². The van der Waals surface area contributed by atoms with Gasteiger partial charge in [0.25, 0.3) is 0 Å². The van der Waals surface area contributed by atoms with E-state index in [1.165, 1.54) is 68.3 Å². The van der Waals surface area contributed by atoms with E-state index in [-0.39, 0.29) is 0 Å². The van der Waals surface area contributed by atoms with Crippen LogP contribution in [-0.2, 0) is 7.05 Å². The van der Waals surface area contributed by atoms with E-state index in [1.807, 2.05) is 47.0 Å². The highest BCUT2D eigenvalue weighted by molar-refractivity contribution is 8.42. The molecule has 0 unspecified atom stereocenters. The van der Waals surface area contributed by atoms with Crippen molar-refractivity contribution < 1.29 is 0 Å². The van der Waals surface area contributed by atoms with Crippen LogP contribution >= 0.6 is 70.6 Å². The molecule has 0 amide bonds. The molecule has 0 bridgehead atoms. The largest absolute Gasteiger partial charge is 0.355 e. The monoisotopic (exact) mass is 461 g/mol. The molecule has 0 aliphatic carbocycles. The van der Waals surface area contributed by atoms with Crippen molar-refractivity contribution in [1.82, 2.24) is 4.57 Å². The maximum atomic E-state index is 2.29. The van der Waals surface area contributed by atoms with Crippen LogP contribution in [0.2, 0.25) is 0 Å². The van der Waals surface area contributed by atoms with E-state index in [4.69, 9.17) is 0 Å². The molecule has 144 valence electrons. The Kier molecular flexibility index (Phi) is 9.25. The van der Waals surface area contributed by atoms with Crippen LogP contribution in [0.15, 0.2) is 39.1 Å². The summed E-state index contributed by atoms with van der Waals surface area (Å²) in [7, 11) is 2.11. The minimum Gasteiger partial charge on any atom is -0.355 e. The quantitative estimate of drug-likeness (QED) is 0.318. The summed E-state index contributed by atoms with van der Waals surface area (Å²) in [5.74, 6) is 2.53. The zero-order valence-corrected chi connectivity index (χ0v) is 20.6. The first kappa shape index (κ1) is 21.6. The molecule has 0 atom stereocenters. The molecular formula is C19H27NS6. The fourth-order valence-corrected chi connectivity index (χ4v) is 11.5. The first-order valence-electron chi connectivity index (χ1n) is 9.32. The number of nitrogens with zero attached hydrogens (tertiary/aromatic N) is 1. The standard InChI is InChI=1S/C19H27NS6/c1-4-6-8-10-21-16-17(22-11-9-7-5-2)26-19(25-16)18-23-14-12-20(3)13-15(14)24-18/h12-13H,4-11H2,1-3H3. The van der Waals surface area contributed by atoms with Gasteiger partial charge in [-0.15, -0.1) is 23.5 Å². The van der Waals surface area contributed by atoms with E-state index >= 15 is 0 Å². The lowest BCUT2D eigenvalue weighted by atomic mass is 10.3. The highest BCUT2D eigenvalue weighted by Crippen LogP contribution is 2.64. The zero-order valence-electron chi connectivity index (χ0n) is 15.7. The van der Waals surface area contributed by atoms with Crippen molar-refractivity contribution >= 4 is 70.6 Å². The van der Waals surface area contributed by atoms with Gasteiger partial charge in [-0.25, -0.2) is 0 Å². The van der Waals surface area contributed by atoms with Crippen molar-refractivity contribution in [2.45, 2.75) is 62.2 Å². The van der Waals surface area contributed by atoms with Crippen molar-refractivity contribution in [3.8, 4) is 0 Å². The third-order valence-corrected chi connectivity index (χ3v) is 12.7. The van der Waals surface area contributed by atoms with Crippen LogP contribution in [0.3, 0.4) is 0 Å². The second-order valence-electron chi connectivity index (χ2n) is 6.32. The average molecular weight is 462 g/mol. The predicted octanol–water partition coefficient (Wildman–Crippen LogP) is 8.80. The molecule has 7 heteroatoms. The lowest BCUT2D eigenvalue weighted by molar-refractivity contribution is 0.779. The Hall–Kier alpha value is 0.860. The summed E-state index contributed by atoms with van der Waals surface area (Å²) >= 11 is 12.2. The minimum atomic E-state index is 1.26. The maximum Gasteiger partial charge on any atom is 0.0717 e. The van der Waals surface area contributed by atoms with Crippen LogP contribution in [0.25, 0.3) is 0 Å². The number of unbranched alkanes of at least 4 members (excludes halogenated alkanes) is 4. The number of thioether (sulfide) groups is 6. The molecule has 0 saturated heterocycles. The first-order valence-corrected chi connectivity index (χ1v) is 14.6. The zero-order chi connectivity index (χ0) is 18.4.